The molecule has 3 aromatic heterocycles. The molecular formula is C22H23N7O2. The van der Waals surface area contributed by atoms with E-state index in [-0.39, 0.29) is 6.10 Å². The Morgan fingerprint density at radius 2 is 1.97 bits per heavy atom. The van der Waals surface area contributed by atoms with Crippen molar-refractivity contribution in [1.82, 2.24) is 24.8 Å². The number of hydrogen-bond donors (Lipinski definition) is 2. The van der Waals surface area contributed by atoms with Crippen molar-refractivity contribution in [3.05, 3.63) is 59.7 Å². The average molecular weight is 417 g/mol. The number of aliphatic hydroxyl groups excluding tert-OH is 1. The molecule has 0 spiro atoms. The summed E-state index contributed by atoms with van der Waals surface area (Å²) in [6.07, 6.45) is 3.84. The fraction of sp³-hybridized carbons (Fsp3) is 0.318. The first kappa shape index (κ1) is 19.4. The van der Waals surface area contributed by atoms with E-state index in [0.29, 0.717) is 29.3 Å². The summed E-state index contributed by atoms with van der Waals surface area (Å²) >= 11 is 0. The van der Waals surface area contributed by atoms with E-state index in [9.17, 15) is 5.11 Å². The van der Waals surface area contributed by atoms with E-state index in [1.807, 2.05) is 18.3 Å². The van der Waals surface area contributed by atoms with Crippen molar-refractivity contribution in [2.24, 2.45) is 5.16 Å². The molecule has 0 amide bonds. The summed E-state index contributed by atoms with van der Waals surface area (Å²) in [5, 5.41) is 36.1. The van der Waals surface area contributed by atoms with Crippen molar-refractivity contribution in [2.75, 3.05) is 18.0 Å². The number of nitrogens with zero attached hydrogens (tertiary/aromatic N) is 7. The SMILES string of the molecule is CC(=NO)c1ccc2nnc(Cc3ccc4ncc(N5CCC(O)CC5)cc4c3)n2n1. The maximum absolute atomic E-state index is 9.76. The van der Waals surface area contributed by atoms with Gasteiger partial charge in [0.2, 0.25) is 0 Å². The molecule has 0 unspecified atom stereocenters. The second-order valence-corrected chi connectivity index (χ2v) is 7.91. The molecule has 0 radical (unpaired) electrons. The van der Waals surface area contributed by atoms with Crippen LogP contribution in [0.3, 0.4) is 0 Å². The largest absolute Gasteiger partial charge is 0.411 e. The van der Waals surface area contributed by atoms with Gasteiger partial charge in [-0.05, 0) is 55.7 Å². The molecule has 0 aliphatic carbocycles. The monoisotopic (exact) mass is 417 g/mol. The second-order valence-electron chi connectivity index (χ2n) is 7.91. The quantitative estimate of drug-likeness (QED) is 0.298. The molecular weight excluding hydrogens is 394 g/mol. The van der Waals surface area contributed by atoms with E-state index < -0.39 is 0 Å². The Kier molecular flexibility index (Phi) is 4.95. The van der Waals surface area contributed by atoms with Gasteiger partial charge in [-0.25, -0.2) is 0 Å². The lowest BCUT2D eigenvalue weighted by Gasteiger charge is -2.31. The summed E-state index contributed by atoms with van der Waals surface area (Å²) in [5.41, 5.74) is 4.72. The summed E-state index contributed by atoms with van der Waals surface area (Å²) in [6, 6.07) is 11.9. The second kappa shape index (κ2) is 7.92. The van der Waals surface area contributed by atoms with E-state index in [1.54, 1.807) is 23.6 Å². The molecule has 1 aliphatic rings. The third-order valence-corrected chi connectivity index (χ3v) is 5.77. The zero-order valence-electron chi connectivity index (χ0n) is 17.2. The van der Waals surface area contributed by atoms with Crippen molar-refractivity contribution in [3.8, 4) is 0 Å². The lowest BCUT2D eigenvalue weighted by Crippen LogP contribution is -2.35. The third-order valence-electron chi connectivity index (χ3n) is 5.77. The molecule has 9 heteroatoms. The van der Waals surface area contributed by atoms with Gasteiger partial charge in [0.05, 0.1) is 23.5 Å². The van der Waals surface area contributed by atoms with Gasteiger partial charge in [-0.3, -0.25) is 4.98 Å². The van der Waals surface area contributed by atoms with Crippen LogP contribution in [0.2, 0.25) is 0 Å². The van der Waals surface area contributed by atoms with Gasteiger partial charge in [-0.1, -0.05) is 11.2 Å². The van der Waals surface area contributed by atoms with Gasteiger partial charge in [0.25, 0.3) is 0 Å². The van der Waals surface area contributed by atoms with Crippen LogP contribution in [0.4, 0.5) is 5.69 Å². The molecule has 0 bridgehead atoms. The predicted octanol–water partition coefficient (Wildman–Crippen LogP) is 2.42. The first-order valence-electron chi connectivity index (χ1n) is 10.3. The molecule has 31 heavy (non-hydrogen) atoms. The van der Waals surface area contributed by atoms with Gasteiger partial charge in [0, 0.05) is 24.9 Å². The van der Waals surface area contributed by atoms with Crippen LogP contribution >= 0.6 is 0 Å². The van der Waals surface area contributed by atoms with Crippen molar-refractivity contribution >= 4 is 27.9 Å². The van der Waals surface area contributed by atoms with Gasteiger partial charge in [0.1, 0.15) is 11.4 Å². The summed E-state index contributed by atoms with van der Waals surface area (Å²) in [4.78, 5) is 6.89. The maximum atomic E-state index is 9.76. The van der Waals surface area contributed by atoms with Crippen molar-refractivity contribution in [3.63, 3.8) is 0 Å². The molecule has 1 fully saturated rings. The third kappa shape index (κ3) is 3.79. The Hall–Kier alpha value is -3.59. The molecule has 0 atom stereocenters. The fourth-order valence-electron chi connectivity index (χ4n) is 3.95. The fourth-order valence-corrected chi connectivity index (χ4v) is 3.95. The highest BCUT2D eigenvalue weighted by Crippen LogP contribution is 2.24. The van der Waals surface area contributed by atoms with Crippen molar-refractivity contribution in [1.29, 1.82) is 0 Å². The minimum Gasteiger partial charge on any atom is -0.411 e. The van der Waals surface area contributed by atoms with Crippen LogP contribution in [0.15, 0.2) is 47.8 Å². The van der Waals surface area contributed by atoms with E-state index in [4.69, 9.17) is 5.21 Å². The zero-order valence-corrected chi connectivity index (χ0v) is 17.2. The van der Waals surface area contributed by atoms with E-state index in [0.717, 1.165) is 48.1 Å². The van der Waals surface area contributed by atoms with Crippen LogP contribution in [0.1, 0.15) is 36.8 Å². The Bertz CT molecular complexity index is 1280. The number of fused-ring (bicyclic) bond motifs is 2. The van der Waals surface area contributed by atoms with E-state index in [1.165, 1.54) is 0 Å². The van der Waals surface area contributed by atoms with Crippen LogP contribution in [0.25, 0.3) is 16.6 Å². The topological polar surface area (TPSA) is 112 Å². The van der Waals surface area contributed by atoms with E-state index >= 15 is 0 Å². The highest BCUT2D eigenvalue weighted by molar-refractivity contribution is 5.96. The molecule has 4 aromatic rings. The number of hydrogen-bond acceptors (Lipinski definition) is 8. The van der Waals surface area contributed by atoms with Crippen molar-refractivity contribution < 1.29 is 10.3 Å². The lowest BCUT2D eigenvalue weighted by atomic mass is 10.1. The summed E-state index contributed by atoms with van der Waals surface area (Å²) in [7, 11) is 0. The average Bonchev–Trinajstić information content (AvgIpc) is 3.20. The summed E-state index contributed by atoms with van der Waals surface area (Å²) in [5.74, 6) is 0.705. The molecule has 1 saturated heterocycles. The first-order chi connectivity index (χ1) is 15.1. The molecule has 9 nitrogen and oxygen atoms in total. The van der Waals surface area contributed by atoms with Gasteiger partial charge in [0.15, 0.2) is 11.5 Å². The van der Waals surface area contributed by atoms with Crippen LogP contribution in [0.5, 0.6) is 0 Å². The number of rotatable bonds is 4. The lowest BCUT2D eigenvalue weighted by molar-refractivity contribution is 0.145. The van der Waals surface area contributed by atoms with E-state index in [2.05, 4.69) is 42.5 Å². The van der Waals surface area contributed by atoms with Crippen LogP contribution in [0, 0.1) is 0 Å². The van der Waals surface area contributed by atoms with Gasteiger partial charge in [-0.2, -0.15) is 9.61 Å². The first-order valence-corrected chi connectivity index (χ1v) is 10.3. The molecule has 1 aromatic carbocycles. The number of aromatic nitrogens is 5. The minimum atomic E-state index is -0.198. The number of aliphatic hydroxyl groups is 1. The molecule has 4 heterocycles. The Balaban J connectivity index is 1.45. The van der Waals surface area contributed by atoms with Crippen LogP contribution < -0.4 is 4.90 Å². The number of anilines is 1. The van der Waals surface area contributed by atoms with Gasteiger partial charge < -0.3 is 15.2 Å². The molecule has 158 valence electrons. The molecule has 1 aliphatic heterocycles. The molecule has 5 rings (SSSR count). The van der Waals surface area contributed by atoms with Crippen LogP contribution in [-0.2, 0) is 6.42 Å². The Morgan fingerprint density at radius 1 is 1.13 bits per heavy atom. The minimum absolute atomic E-state index is 0.198. The maximum Gasteiger partial charge on any atom is 0.177 e. The highest BCUT2D eigenvalue weighted by Gasteiger charge is 2.18. The van der Waals surface area contributed by atoms with Gasteiger partial charge >= 0.3 is 0 Å². The molecule has 0 saturated carbocycles. The van der Waals surface area contributed by atoms with Crippen molar-refractivity contribution in [2.45, 2.75) is 32.3 Å². The molecule has 2 N–H and O–H groups in total. The standard InChI is InChI=1S/C22H23N7O2/c1-14(27-31)19-4-5-21-24-25-22(29(21)26-19)11-15-2-3-20-16(10-15)12-17(13-23-20)28-8-6-18(30)7-9-28/h2-5,10,12-13,18,30-31H,6-9,11H2,1H3. The Morgan fingerprint density at radius 3 is 2.77 bits per heavy atom. The highest BCUT2D eigenvalue weighted by atomic mass is 16.4. The number of oxime groups is 1. The number of piperidine rings is 1. The van der Waals surface area contributed by atoms with Crippen LogP contribution in [-0.4, -0.2) is 60.0 Å². The predicted molar refractivity (Wildman–Crippen MR) is 117 cm³/mol. The Labute approximate surface area is 178 Å². The smallest absolute Gasteiger partial charge is 0.177 e. The summed E-state index contributed by atoms with van der Waals surface area (Å²) in [6.45, 7) is 3.36. The normalized spacial score (nSPS) is 15.8. The summed E-state index contributed by atoms with van der Waals surface area (Å²) < 4.78 is 1.68. The van der Waals surface area contributed by atoms with Gasteiger partial charge in [-0.15, -0.1) is 10.2 Å². The number of benzene rings is 1. The number of pyridine rings is 1. The zero-order chi connectivity index (χ0) is 21.4.